The highest BCUT2D eigenvalue weighted by Crippen LogP contribution is 2.37. The highest BCUT2D eigenvalue weighted by molar-refractivity contribution is 5.48. The molecule has 0 heteroatoms. The van der Waals surface area contributed by atoms with Crippen LogP contribution in [-0.4, -0.2) is 0 Å². The van der Waals surface area contributed by atoms with Crippen LogP contribution in [0.2, 0.25) is 0 Å². The first kappa shape index (κ1) is 11.8. The van der Waals surface area contributed by atoms with Gasteiger partial charge < -0.3 is 0 Å². The second-order valence-electron chi connectivity index (χ2n) is 5.52. The molecule has 0 radical (unpaired) electrons. The lowest BCUT2D eigenvalue weighted by atomic mass is 9.78. The Balaban J connectivity index is 1.92. The summed E-state index contributed by atoms with van der Waals surface area (Å²) in [5.74, 6) is 0.807. The van der Waals surface area contributed by atoms with Gasteiger partial charge >= 0.3 is 0 Å². The third-order valence-electron chi connectivity index (χ3n) is 4.33. The Morgan fingerprint density at radius 2 is 1.83 bits per heavy atom. The van der Waals surface area contributed by atoms with E-state index in [1.54, 1.807) is 16.7 Å². The highest BCUT2D eigenvalue weighted by Gasteiger charge is 2.21. The summed E-state index contributed by atoms with van der Waals surface area (Å²) in [6.45, 7) is 0. The zero-order chi connectivity index (χ0) is 12.2. The Morgan fingerprint density at radius 3 is 2.61 bits per heavy atom. The van der Waals surface area contributed by atoms with Crippen LogP contribution in [0.15, 0.2) is 59.3 Å². The van der Waals surface area contributed by atoms with E-state index in [9.17, 15) is 0 Å². The van der Waals surface area contributed by atoms with Gasteiger partial charge in [-0.2, -0.15) is 0 Å². The van der Waals surface area contributed by atoms with Crippen LogP contribution in [0, 0.1) is 5.92 Å². The van der Waals surface area contributed by atoms with Crippen LogP contribution in [0.25, 0.3) is 0 Å². The summed E-state index contributed by atoms with van der Waals surface area (Å²) in [6.07, 6.45) is 25.1. The van der Waals surface area contributed by atoms with Gasteiger partial charge in [-0.25, -0.2) is 0 Å². The van der Waals surface area contributed by atoms with E-state index in [0.717, 1.165) is 5.92 Å². The molecule has 3 aliphatic carbocycles. The van der Waals surface area contributed by atoms with Gasteiger partial charge in [-0.15, -0.1) is 0 Å². The van der Waals surface area contributed by atoms with Crippen molar-refractivity contribution in [3.8, 4) is 0 Å². The second-order valence-corrected chi connectivity index (χ2v) is 5.52. The molecule has 0 saturated carbocycles. The Hall–Kier alpha value is -1.30. The third kappa shape index (κ3) is 2.43. The zero-order valence-electron chi connectivity index (χ0n) is 11.1. The predicted molar refractivity (Wildman–Crippen MR) is 78.3 cm³/mol. The molecular formula is C18H22. The van der Waals surface area contributed by atoms with Gasteiger partial charge in [0.15, 0.2) is 0 Å². The molecule has 1 unspecified atom stereocenters. The molecule has 3 rings (SSSR count). The Morgan fingerprint density at radius 1 is 0.889 bits per heavy atom. The van der Waals surface area contributed by atoms with Crippen molar-refractivity contribution in [1.29, 1.82) is 0 Å². The second kappa shape index (κ2) is 5.56. The lowest BCUT2D eigenvalue weighted by Crippen LogP contribution is -2.11. The standard InChI is InChI=1S/C18H22/c1-3-9-15(10-4-1)17-13-7-8-14-18(17)16-11-5-2-6-12-16/h1-3,5,7,9,13,16H,4,6,8,10-12,14H2. The van der Waals surface area contributed by atoms with Crippen molar-refractivity contribution in [2.24, 2.45) is 5.92 Å². The summed E-state index contributed by atoms with van der Waals surface area (Å²) in [4.78, 5) is 0. The molecule has 0 saturated heterocycles. The number of allylic oxidation sites excluding steroid dienone is 10. The molecule has 94 valence electrons. The van der Waals surface area contributed by atoms with Crippen LogP contribution in [0.1, 0.15) is 44.9 Å². The fourth-order valence-electron chi connectivity index (χ4n) is 3.36. The molecule has 0 spiro atoms. The predicted octanol–water partition coefficient (Wildman–Crippen LogP) is 5.27. The average Bonchev–Trinajstić information content (AvgIpc) is 2.49. The van der Waals surface area contributed by atoms with Gasteiger partial charge in [0.1, 0.15) is 0 Å². The van der Waals surface area contributed by atoms with E-state index in [4.69, 9.17) is 0 Å². The molecule has 1 atom stereocenters. The van der Waals surface area contributed by atoms with Crippen LogP contribution >= 0.6 is 0 Å². The van der Waals surface area contributed by atoms with Gasteiger partial charge in [-0.05, 0) is 62.0 Å². The minimum atomic E-state index is 0.807. The molecule has 0 bridgehead atoms. The summed E-state index contributed by atoms with van der Waals surface area (Å²) < 4.78 is 0. The molecule has 0 amide bonds. The molecule has 0 heterocycles. The summed E-state index contributed by atoms with van der Waals surface area (Å²) >= 11 is 0. The van der Waals surface area contributed by atoms with Crippen LogP contribution in [-0.2, 0) is 0 Å². The molecule has 3 aliphatic rings. The summed E-state index contributed by atoms with van der Waals surface area (Å²) in [5.41, 5.74) is 4.88. The third-order valence-corrected chi connectivity index (χ3v) is 4.33. The van der Waals surface area contributed by atoms with Gasteiger partial charge in [-0.3, -0.25) is 0 Å². The van der Waals surface area contributed by atoms with Crippen molar-refractivity contribution in [1.82, 2.24) is 0 Å². The maximum absolute atomic E-state index is 2.39. The fourth-order valence-corrected chi connectivity index (χ4v) is 3.36. The number of hydrogen-bond donors (Lipinski definition) is 0. The fraction of sp³-hybridized carbons (Fsp3) is 0.444. The average molecular weight is 238 g/mol. The summed E-state index contributed by atoms with van der Waals surface area (Å²) in [5, 5.41) is 0. The molecule has 0 N–H and O–H groups in total. The highest BCUT2D eigenvalue weighted by atomic mass is 14.3. The van der Waals surface area contributed by atoms with Crippen LogP contribution < -0.4 is 0 Å². The van der Waals surface area contributed by atoms with Gasteiger partial charge in [0.25, 0.3) is 0 Å². The quantitative estimate of drug-likeness (QED) is 0.575. The van der Waals surface area contributed by atoms with E-state index in [0.29, 0.717) is 0 Å². The van der Waals surface area contributed by atoms with Gasteiger partial charge in [0, 0.05) is 0 Å². The maximum Gasteiger partial charge on any atom is -0.0156 e. The van der Waals surface area contributed by atoms with E-state index in [2.05, 4.69) is 42.5 Å². The Kier molecular flexibility index (Phi) is 3.64. The van der Waals surface area contributed by atoms with E-state index in [-0.39, 0.29) is 0 Å². The van der Waals surface area contributed by atoms with E-state index >= 15 is 0 Å². The lowest BCUT2D eigenvalue weighted by molar-refractivity contribution is 0.528. The maximum atomic E-state index is 2.39. The molecular weight excluding hydrogens is 216 g/mol. The van der Waals surface area contributed by atoms with Crippen LogP contribution in [0.4, 0.5) is 0 Å². The molecule has 0 nitrogen and oxygen atoms in total. The van der Waals surface area contributed by atoms with Crippen molar-refractivity contribution < 1.29 is 0 Å². The Labute approximate surface area is 110 Å². The zero-order valence-corrected chi connectivity index (χ0v) is 11.1. The number of rotatable bonds is 2. The van der Waals surface area contributed by atoms with Crippen LogP contribution in [0.3, 0.4) is 0 Å². The molecule has 0 aromatic heterocycles. The van der Waals surface area contributed by atoms with Crippen LogP contribution in [0.5, 0.6) is 0 Å². The monoisotopic (exact) mass is 238 g/mol. The van der Waals surface area contributed by atoms with E-state index in [1.165, 1.54) is 44.9 Å². The van der Waals surface area contributed by atoms with Crippen molar-refractivity contribution >= 4 is 0 Å². The first-order valence-electron chi connectivity index (χ1n) is 7.36. The minimum absolute atomic E-state index is 0.807. The van der Waals surface area contributed by atoms with Crippen molar-refractivity contribution in [3.05, 3.63) is 59.3 Å². The SMILES string of the molecule is C1=CCCC(C2=C(C3CC=CCC3)CCC=C2)=C1. The topological polar surface area (TPSA) is 0 Å². The lowest BCUT2D eigenvalue weighted by Gasteiger charge is -2.27. The Bertz CT molecular complexity index is 454. The van der Waals surface area contributed by atoms with Crippen molar-refractivity contribution in [2.75, 3.05) is 0 Å². The summed E-state index contributed by atoms with van der Waals surface area (Å²) in [7, 11) is 0. The molecule has 0 aromatic carbocycles. The normalized spacial score (nSPS) is 27.6. The molecule has 18 heavy (non-hydrogen) atoms. The largest absolute Gasteiger partial charge is 0.0885 e. The summed E-state index contributed by atoms with van der Waals surface area (Å²) in [6, 6.07) is 0. The van der Waals surface area contributed by atoms with Gasteiger partial charge in [-0.1, -0.05) is 48.1 Å². The smallest absolute Gasteiger partial charge is 0.0156 e. The van der Waals surface area contributed by atoms with E-state index in [1.807, 2.05) is 0 Å². The van der Waals surface area contributed by atoms with Gasteiger partial charge in [0.05, 0.1) is 0 Å². The van der Waals surface area contributed by atoms with Gasteiger partial charge in [0.2, 0.25) is 0 Å². The first-order chi connectivity index (χ1) is 8.95. The van der Waals surface area contributed by atoms with Crippen molar-refractivity contribution in [3.63, 3.8) is 0 Å². The van der Waals surface area contributed by atoms with E-state index < -0.39 is 0 Å². The molecule has 0 aliphatic heterocycles. The van der Waals surface area contributed by atoms with Crippen molar-refractivity contribution in [2.45, 2.75) is 44.9 Å². The number of hydrogen-bond acceptors (Lipinski definition) is 0. The molecule has 0 aromatic rings. The molecule has 0 fully saturated rings. The first-order valence-corrected chi connectivity index (χ1v) is 7.36. The minimum Gasteiger partial charge on any atom is -0.0885 e.